The molecule has 0 amide bonds. The van der Waals surface area contributed by atoms with Gasteiger partial charge in [-0.25, -0.2) is 0 Å². The zero-order valence-electron chi connectivity index (χ0n) is 15.1. The zero-order valence-corrected chi connectivity index (χ0v) is 15.1. The number of aliphatic hydroxyl groups is 3. The highest BCUT2D eigenvalue weighted by Crippen LogP contribution is 2.84. The summed E-state index contributed by atoms with van der Waals surface area (Å²) in [4.78, 5) is 15.5. The monoisotopic (exact) mass is 357 g/mol. The van der Waals surface area contributed by atoms with Crippen LogP contribution < -0.4 is 0 Å². The number of rotatable bonds is 0. The van der Waals surface area contributed by atoms with E-state index in [1.165, 1.54) is 0 Å². The van der Waals surface area contributed by atoms with Gasteiger partial charge in [-0.2, -0.15) is 0 Å². The fourth-order valence-corrected chi connectivity index (χ4v) is 10.8. The summed E-state index contributed by atoms with van der Waals surface area (Å²) in [6.07, 6.45) is 0.0689. The molecule has 3 aliphatic heterocycles. The number of ketones is 1. The van der Waals surface area contributed by atoms with Crippen LogP contribution in [0.5, 0.6) is 0 Å². The molecule has 3 saturated heterocycles. The molecule has 9 bridgehead atoms. The van der Waals surface area contributed by atoms with Crippen LogP contribution in [0, 0.1) is 45.8 Å². The van der Waals surface area contributed by atoms with E-state index in [1.54, 1.807) is 0 Å². The summed E-state index contributed by atoms with van der Waals surface area (Å²) in [6.45, 7) is 8.33. The third-order valence-electron chi connectivity index (χ3n) is 10.4. The lowest BCUT2D eigenvalue weighted by Crippen LogP contribution is -2.77. The number of hydrogen-bond acceptors (Lipinski definition) is 5. The van der Waals surface area contributed by atoms with E-state index in [0.717, 1.165) is 19.5 Å². The largest absolute Gasteiger partial charge is 0.392 e. The van der Waals surface area contributed by atoms with E-state index < -0.39 is 29.6 Å². The minimum atomic E-state index is -0.682. The number of piperidine rings is 3. The number of hydrogen-bond donors (Lipinski definition) is 3. The minimum Gasteiger partial charge on any atom is -0.392 e. The van der Waals surface area contributed by atoms with E-state index in [0.29, 0.717) is 36.0 Å². The van der Waals surface area contributed by atoms with Crippen LogP contribution in [-0.4, -0.2) is 63.4 Å². The molecule has 3 heterocycles. The van der Waals surface area contributed by atoms with E-state index in [9.17, 15) is 20.1 Å². The van der Waals surface area contributed by atoms with Crippen LogP contribution in [0.25, 0.3) is 0 Å². The molecular weight excluding hydrogens is 330 g/mol. The highest BCUT2D eigenvalue weighted by molar-refractivity contribution is 5.82. The standard InChI is InChI=1S/C21H27NO4/c1-8-11-13(24)12-17-21-5-10(23)4-19(2)7-22(17)6-9(15(19)21)3-20(12,18(8)26)16(21)14(11)25/h9,11-18,24-26H,1,3-7H2,2H3/t9?,11-,12-,13+,14?,15?,16?,17?,18+,19-,20-,21-/m0/s1. The smallest absolute Gasteiger partial charge is 0.134 e. The lowest BCUT2D eigenvalue weighted by atomic mass is 9.35. The number of nitrogens with zero attached hydrogens (tertiary/aromatic N) is 1. The summed E-state index contributed by atoms with van der Waals surface area (Å²) in [5, 5.41) is 34.1. The molecule has 6 unspecified atom stereocenters. The van der Waals surface area contributed by atoms with Crippen LogP contribution in [0.15, 0.2) is 12.2 Å². The second-order valence-electron chi connectivity index (χ2n) is 11.1. The van der Waals surface area contributed by atoms with Gasteiger partial charge in [-0.15, -0.1) is 0 Å². The van der Waals surface area contributed by atoms with Gasteiger partial charge in [0.05, 0.1) is 18.3 Å². The summed E-state index contributed by atoms with van der Waals surface area (Å²) in [7, 11) is 0. The molecule has 0 radical (unpaired) electrons. The lowest BCUT2D eigenvalue weighted by molar-refractivity contribution is -0.275. The summed E-state index contributed by atoms with van der Waals surface area (Å²) < 4.78 is 0. The van der Waals surface area contributed by atoms with Crippen LogP contribution in [0.2, 0.25) is 0 Å². The topological polar surface area (TPSA) is 81.0 Å². The van der Waals surface area contributed by atoms with Crippen molar-refractivity contribution in [1.29, 1.82) is 0 Å². The Bertz CT molecular complexity index is 797. The average molecular weight is 357 g/mol. The van der Waals surface area contributed by atoms with Crippen LogP contribution in [0.1, 0.15) is 26.2 Å². The molecule has 140 valence electrons. The van der Waals surface area contributed by atoms with Crippen LogP contribution in [-0.2, 0) is 4.79 Å². The Labute approximate surface area is 153 Å². The van der Waals surface area contributed by atoms with Crippen molar-refractivity contribution in [2.45, 2.75) is 50.5 Å². The molecular formula is C21H27NO4. The molecule has 5 heteroatoms. The maximum Gasteiger partial charge on any atom is 0.134 e. The van der Waals surface area contributed by atoms with Crippen molar-refractivity contribution in [1.82, 2.24) is 4.90 Å². The summed E-state index contributed by atoms with van der Waals surface area (Å²) in [5.41, 5.74) is -0.137. The second-order valence-corrected chi connectivity index (χ2v) is 11.1. The number of carbonyl (C=O) groups excluding carboxylic acids is 1. The second kappa shape index (κ2) is 3.86. The van der Waals surface area contributed by atoms with Gasteiger partial charge >= 0.3 is 0 Å². The molecule has 6 saturated carbocycles. The first-order valence-corrected chi connectivity index (χ1v) is 10.3. The molecule has 6 aliphatic carbocycles. The molecule has 3 N–H and O–H groups in total. The molecule has 0 aromatic carbocycles. The third-order valence-corrected chi connectivity index (χ3v) is 10.4. The van der Waals surface area contributed by atoms with Crippen molar-refractivity contribution in [2.24, 2.45) is 45.8 Å². The Morgan fingerprint density at radius 1 is 1.12 bits per heavy atom. The average Bonchev–Trinajstić information content (AvgIpc) is 2.59. The van der Waals surface area contributed by atoms with E-state index in [4.69, 9.17) is 0 Å². The number of aliphatic hydroxyl groups excluding tert-OH is 3. The SMILES string of the molecule is C=C1[C@@H]2C(O)C3[C@@]45CC(=O)C[C@@]6(C)CN7CC(C[C@]3([C@@H]1O)[C@H](C74)[C@@H]2O)C65. The molecule has 0 aromatic heterocycles. The van der Waals surface area contributed by atoms with E-state index >= 15 is 0 Å². The van der Waals surface area contributed by atoms with E-state index in [-0.39, 0.29) is 28.7 Å². The van der Waals surface area contributed by atoms with E-state index in [2.05, 4.69) is 18.4 Å². The summed E-state index contributed by atoms with van der Waals surface area (Å²) in [5.74, 6) is 0.659. The highest BCUT2D eigenvalue weighted by atomic mass is 16.3. The van der Waals surface area contributed by atoms with Gasteiger partial charge in [0.25, 0.3) is 0 Å². The van der Waals surface area contributed by atoms with E-state index in [1.807, 2.05) is 0 Å². The fourth-order valence-electron chi connectivity index (χ4n) is 10.8. The Morgan fingerprint density at radius 3 is 2.65 bits per heavy atom. The van der Waals surface area contributed by atoms with Crippen molar-refractivity contribution in [3.63, 3.8) is 0 Å². The maximum atomic E-state index is 12.9. The third kappa shape index (κ3) is 1.12. The zero-order chi connectivity index (χ0) is 18.0. The minimum absolute atomic E-state index is 0.0142. The van der Waals surface area contributed by atoms with Crippen LogP contribution in [0.4, 0.5) is 0 Å². The Kier molecular flexibility index (Phi) is 2.26. The lowest BCUT2D eigenvalue weighted by Gasteiger charge is -2.73. The summed E-state index contributed by atoms with van der Waals surface area (Å²) in [6, 6.07) is 0.131. The Balaban J connectivity index is 1.58. The highest BCUT2D eigenvalue weighted by Gasteiger charge is 2.88. The van der Waals surface area contributed by atoms with Crippen molar-refractivity contribution in [3.8, 4) is 0 Å². The van der Waals surface area contributed by atoms with Gasteiger partial charge in [-0.3, -0.25) is 9.69 Å². The Hall–Kier alpha value is -0.750. The summed E-state index contributed by atoms with van der Waals surface area (Å²) >= 11 is 0. The molecule has 9 rings (SSSR count). The molecule has 0 aromatic rings. The first-order chi connectivity index (χ1) is 12.3. The number of carbonyl (C=O) groups is 1. The molecule has 5 nitrogen and oxygen atoms in total. The predicted molar refractivity (Wildman–Crippen MR) is 91.8 cm³/mol. The first-order valence-electron chi connectivity index (χ1n) is 10.3. The molecule has 26 heavy (non-hydrogen) atoms. The number of Topliss-reactive ketones (excluding diaryl/α,β-unsaturated/α-hetero) is 1. The van der Waals surface area contributed by atoms with Gasteiger partial charge in [-0.1, -0.05) is 13.5 Å². The normalized spacial score (nSPS) is 71.7. The van der Waals surface area contributed by atoms with Gasteiger partial charge in [0.1, 0.15) is 5.78 Å². The van der Waals surface area contributed by atoms with Gasteiger partial charge in [-0.05, 0) is 29.2 Å². The maximum absolute atomic E-state index is 12.9. The molecule has 9 aliphatic rings. The fraction of sp³-hybridized carbons (Fsp3) is 0.857. The van der Waals surface area contributed by atoms with Gasteiger partial charge in [0, 0.05) is 60.6 Å². The first kappa shape index (κ1) is 15.2. The van der Waals surface area contributed by atoms with Crippen molar-refractivity contribution in [2.75, 3.05) is 13.1 Å². The molecule has 13 atom stereocenters. The van der Waals surface area contributed by atoms with Crippen molar-refractivity contribution in [3.05, 3.63) is 12.2 Å². The van der Waals surface area contributed by atoms with Gasteiger partial charge in [0.15, 0.2) is 0 Å². The van der Waals surface area contributed by atoms with Crippen molar-refractivity contribution < 1.29 is 20.1 Å². The van der Waals surface area contributed by atoms with Gasteiger partial charge < -0.3 is 15.3 Å². The van der Waals surface area contributed by atoms with Crippen LogP contribution >= 0.6 is 0 Å². The molecule has 2 spiro atoms. The van der Waals surface area contributed by atoms with Crippen molar-refractivity contribution >= 4 is 5.78 Å². The molecule has 9 fully saturated rings. The van der Waals surface area contributed by atoms with Gasteiger partial charge in [0.2, 0.25) is 0 Å². The number of fused-ring (bicyclic) bond motifs is 1. The predicted octanol–water partition coefficient (Wildman–Crippen LogP) is 0.191. The Morgan fingerprint density at radius 2 is 1.88 bits per heavy atom. The quantitative estimate of drug-likeness (QED) is 0.540. The van der Waals surface area contributed by atoms with Crippen LogP contribution in [0.3, 0.4) is 0 Å².